The number of imide groups is 1. The Balaban J connectivity index is 1.54. The number of benzene rings is 2. The zero-order valence-corrected chi connectivity index (χ0v) is 20.9. The Morgan fingerprint density at radius 2 is 1.74 bits per heavy atom. The first kappa shape index (κ1) is 24.8. The molecule has 2 aliphatic rings. The van der Waals surface area contributed by atoms with Crippen LogP contribution in [0.25, 0.3) is 0 Å². The highest BCUT2D eigenvalue weighted by atomic mass is 35.5. The van der Waals surface area contributed by atoms with Gasteiger partial charge in [0.1, 0.15) is 16.5 Å². The molecule has 1 saturated carbocycles. The van der Waals surface area contributed by atoms with Crippen molar-refractivity contribution in [1.29, 1.82) is 0 Å². The fourth-order valence-corrected chi connectivity index (χ4v) is 4.67. The van der Waals surface area contributed by atoms with Crippen LogP contribution in [-0.4, -0.2) is 34.8 Å². The number of carbonyl (C=O) groups is 3. The summed E-state index contributed by atoms with van der Waals surface area (Å²) in [6, 6.07) is 12.2. The van der Waals surface area contributed by atoms with Crippen molar-refractivity contribution in [2.24, 2.45) is 0 Å². The summed E-state index contributed by atoms with van der Waals surface area (Å²) < 4.78 is 5.79. The smallest absolute Gasteiger partial charge is 0.279 e. The molecule has 7 nitrogen and oxygen atoms in total. The van der Waals surface area contributed by atoms with Crippen molar-refractivity contribution in [2.45, 2.75) is 65.0 Å². The predicted octanol–water partition coefficient (Wildman–Crippen LogP) is 5.60. The summed E-state index contributed by atoms with van der Waals surface area (Å²) in [6.45, 7) is 5.69. The highest BCUT2D eigenvalue weighted by Gasteiger charge is 2.42. The molecule has 2 aromatic carbocycles. The van der Waals surface area contributed by atoms with Gasteiger partial charge in [0, 0.05) is 17.3 Å². The molecule has 1 fully saturated rings. The predicted molar refractivity (Wildman–Crippen MR) is 137 cm³/mol. The number of carbonyl (C=O) groups excluding carboxylic acids is 3. The first-order valence-electron chi connectivity index (χ1n) is 12.0. The lowest BCUT2D eigenvalue weighted by Gasteiger charge is -2.29. The summed E-state index contributed by atoms with van der Waals surface area (Å²) >= 11 is 6.32. The normalized spacial score (nSPS) is 16.8. The van der Waals surface area contributed by atoms with Gasteiger partial charge in [0.15, 0.2) is 0 Å². The standard InChI is InChI=1S/C27H30ClN3O4/c1-16(2)35-22-12-8-7-11-20(22)30-25(32)18-14-13-17(3)21(15-18)29-24-23(28)26(33)31(27(24)34)19-9-5-4-6-10-19/h7-8,11-16,19,29H,4-6,9-10H2,1-3H3,(H,30,32). The Morgan fingerprint density at radius 3 is 2.46 bits per heavy atom. The van der Waals surface area contributed by atoms with E-state index in [0.717, 1.165) is 37.7 Å². The van der Waals surface area contributed by atoms with Crippen LogP contribution in [0.5, 0.6) is 5.75 Å². The number of rotatable bonds is 7. The molecule has 35 heavy (non-hydrogen) atoms. The van der Waals surface area contributed by atoms with E-state index in [2.05, 4.69) is 10.6 Å². The Bertz CT molecular complexity index is 1180. The second-order valence-electron chi connectivity index (χ2n) is 9.23. The molecular formula is C27H30ClN3O4. The molecule has 0 bridgehead atoms. The number of nitrogens with one attached hydrogen (secondary N) is 2. The van der Waals surface area contributed by atoms with Crippen LogP contribution in [0, 0.1) is 6.92 Å². The summed E-state index contributed by atoms with van der Waals surface area (Å²) in [5.41, 5.74) is 2.34. The van der Waals surface area contributed by atoms with Gasteiger partial charge in [-0.15, -0.1) is 0 Å². The lowest BCUT2D eigenvalue weighted by atomic mass is 9.94. The van der Waals surface area contributed by atoms with Crippen molar-refractivity contribution in [2.75, 3.05) is 10.6 Å². The first-order chi connectivity index (χ1) is 16.8. The molecule has 0 saturated heterocycles. The quantitative estimate of drug-likeness (QED) is 0.488. The number of amides is 3. The zero-order valence-electron chi connectivity index (χ0n) is 20.2. The number of aryl methyl sites for hydroxylation is 1. The molecule has 0 aromatic heterocycles. The van der Waals surface area contributed by atoms with Crippen LogP contribution in [0.15, 0.2) is 53.2 Å². The maximum atomic E-state index is 13.1. The second kappa shape index (κ2) is 10.5. The summed E-state index contributed by atoms with van der Waals surface area (Å²) in [5.74, 6) is -0.623. The topological polar surface area (TPSA) is 87.7 Å². The summed E-state index contributed by atoms with van der Waals surface area (Å²) in [4.78, 5) is 40.2. The van der Waals surface area contributed by atoms with E-state index in [1.165, 1.54) is 4.90 Å². The van der Waals surface area contributed by atoms with E-state index in [4.69, 9.17) is 16.3 Å². The molecule has 0 atom stereocenters. The van der Waals surface area contributed by atoms with Gasteiger partial charge in [-0.1, -0.05) is 49.1 Å². The zero-order chi connectivity index (χ0) is 25.1. The van der Waals surface area contributed by atoms with E-state index in [-0.39, 0.29) is 28.8 Å². The lowest BCUT2D eigenvalue weighted by Crippen LogP contribution is -2.42. The SMILES string of the molecule is Cc1ccc(C(=O)Nc2ccccc2OC(C)C)cc1NC1=C(Cl)C(=O)N(C2CCCCC2)C1=O. The first-order valence-corrected chi connectivity index (χ1v) is 12.4. The minimum absolute atomic E-state index is 0.0407. The van der Waals surface area contributed by atoms with Crippen molar-refractivity contribution < 1.29 is 19.1 Å². The molecule has 3 amide bonds. The van der Waals surface area contributed by atoms with Crippen LogP contribution in [0.2, 0.25) is 0 Å². The van der Waals surface area contributed by atoms with E-state index in [0.29, 0.717) is 22.7 Å². The number of hydrogen-bond donors (Lipinski definition) is 2. The van der Waals surface area contributed by atoms with E-state index < -0.39 is 11.8 Å². The number of anilines is 2. The van der Waals surface area contributed by atoms with Crippen LogP contribution < -0.4 is 15.4 Å². The number of para-hydroxylation sites is 2. The van der Waals surface area contributed by atoms with E-state index in [1.54, 1.807) is 30.3 Å². The second-order valence-corrected chi connectivity index (χ2v) is 9.61. The summed E-state index contributed by atoms with van der Waals surface area (Å²) in [6.07, 6.45) is 4.65. The highest BCUT2D eigenvalue weighted by molar-refractivity contribution is 6.48. The number of hydrogen-bond acceptors (Lipinski definition) is 5. The maximum absolute atomic E-state index is 13.1. The van der Waals surface area contributed by atoms with Gasteiger partial charge < -0.3 is 15.4 Å². The molecule has 184 valence electrons. The molecule has 2 N–H and O–H groups in total. The average Bonchev–Trinajstić information content (AvgIpc) is 3.04. The van der Waals surface area contributed by atoms with Crippen molar-refractivity contribution >= 4 is 40.7 Å². The maximum Gasteiger partial charge on any atom is 0.279 e. The fraction of sp³-hybridized carbons (Fsp3) is 0.370. The molecule has 0 spiro atoms. The number of ether oxygens (including phenoxy) is 1. The van der Waals surface area contributed by atoms with Gasteiger partial charge >= 0.3 is 0 Å². The molecule has 2 aromatic rings. The minimum Gasteiger partial charge on any atom is -0.489 e. The Kier molecular flexibility index (Phi) is 7.45. The van der Waals surface area contributed by atoms with E-state index >= 15 is 0 Å². The van der Waals surface area contributed by atoms with Crippen LogP contribution >= 0.6 is 11.6 Å². The Morgan fingerprint density at radius 1 is 1.03 bits per heavy atom. The molecule has 4 rings (SSSR count). The highest BCUT2D eigenvalue weighted by Crippen LogP contribution is 2.33. The number of nitrogens with zero attached hydrogens (tertiary/aromatic N) is 1. The van der Waals surface area contributed by atoms with Gasteiger partial charge in [-0.2, -0.15) is 0 Å². The summed E-state index contributed by atoms with van der Waals surface area (Å²) in [7, 11) is 0. The third-order valence-corrected chi connectivity index (χ3v) is 6.61. The van der Waals surface area contributed by atoms with Crippen LogP contribution in [0.4, 0.5) is 11.4 Å². The van der Waals surface area contributed by atoms with Gasteiger partial charge in [0.05, 0.1) is 11.8 Å². The Hall–Kier alpha value is -3.32. The van der Waals surface area contributed by atoms with Gasteiger partial charge in [0.2, 0.25) is 0 Å². The van der Waals surface area contributed by atoms with Crippen molar-refractivity contribution in [1.82, 2.24) is 4.90 Å². The van der Waals surface area contributed by atoms with Gasteiger partial charge in [-0.3, -0.25) is 19.3 Å². The molecule has 8 heteroatoms. The van der Waals surface area contributed by atoms with E-state index in [9.17, 15) is 14.4 Å². The minimum atomic E-state index is -0.459. The van der Waals surface area contributed by atoms with Gasteiger partial charge in [0.25, 0.3) is 17.7 Å². The van der Waals surface area contributed by atoms with Crippen LogP contribution in [0.1, 0.15) is 61.9 Å². The van der Waals surface area contributed by atoms with E-state index in [1.807, 2.05) is 32.9 Å². The molecular weight excluding hydrogens is 466 g/mol. The lowest BCUT2D eigenvalue weighted by molar-refractivity contribution is -0.140. The van der Waals surface area contributed by atoms with Crippen molar-refractivity contribution in [3.63, 3.8) is 0 Å². The molecule has 0 radical (unpaired) electrons. The number of halogens is 1. The molecule has 0 unspecified atom stereocenters. The van der Waals surface area contributed by atoms with Crippen LogP contribution in [-0.2, 0) is 9.59 Å². The van der Waals surface area contributed by atoms with Crippen LogP contribution in [0.3, 0.4) is 0 Å². The fourth-order valence-electron chi connectivity index (χ4n) is 4.45. The molecule has 1 aliphatic carbocycles. The van der Waals surface area contributed by atoms with Gasteiger partial charge in [-0.05, 0) is 63.4 Å². The van der Waals surface area contributed by atoms with Gasteiger partial charge in [-0.25, -0.2) is 0 Å². The average molecular weight is 496 g/mol. The Labute approximate surface area is 210 Å². The third kappa shape index (κ3) is 5.35. The summed E-state index contributed by atoms with van der Waals surface area (Å²) in [5, 5.41) is 5.81. The molecule has 1 heterocycles. The van der Waals surface area contributed by atoms with Crippen molar-refractivity contribution in [3.8, 4) is 5.75 Å². The third-order valence-electron chi connectivity index (χ3n) is 6.26. The molecule has 1 aliphatic heterocycles. The largest absolute Gasteiger partial charge is 0.489 e. The van der Waals surface area contributed by atoms with Crippen molar-refractivity contribution in [3.05, 3.63) is 64.3 Å². The monoisotopic (exact) mass is 495 g/mol.